The summed E-state index contributed by atoms with van der Waals surface area (Å²) >= 11 is 0. The minimum Gasteiger partial charge on any atom is -0.383 e. The second-order valence-corrected chi connectivity index (χ2v) is 4.37. The molecule has 0 radical (unpaired) electrons. The van der Waals surface area contributed by atoms with Gasteiger partial charge in [-0.3, -0.25) is 0 Å². The monoisotopic (exact) mass is 253 g/mol. The average Bonchev–Trinajstić information content (AvgIpc) is 3.09. The number of nitrogens with two attached hydrogens (primary N) is 1. The van der Waals surface area contributed by atoms with E-state index in [1.54, 1.807) is 10.9 Å². The molecule has 1 aliphatic rings. The zero-order valence-electron chi connectivity index (χ0n) is 9.33. The van der Waals surface area contributed by atoms with E-state index < -0.39 is 17.5 Å². The van der Waals surface area contributed by atoms with Crippen molar-refractivity contribution in [2.75, 3.05) is 5.73 Å². The first-order valence-electron chi connectivity index (χ1n) is 5.55. The number of halogens is 3. The van der Waals surface area contributed by atoms with E-state index in [4.69, 9.17) is 5.73 Å². The maximum atomic E-state index is 13.1. The van der Waals surface area contributed by atoms with Crippen LogP contribution in [0.2, 0.25) is 0 Å². The van der Waals surface area contributed by atoms with Gasteiger partial charge >= 0.3 is 0 Å². The van der Waals surface area contributed by atoms with Crippen LogP contribution in [0.25, 0.3) is 11.3 Å². The summed E-state index contributed by atoms with van der Waals surface area (Å²) in [6, 6.07) is 2.12. The Morgan fingerprint density at radius 3 is 2.33 bits per heavy atom. The number of rotatable bonds is 2. The number of imidazole rings is 1. The van der Waals surface area contributed by atoms with Crippen LogP contribution in [0.4, 0.5) is 19.0 Å². The molecule has 1 fully saturated rings. The van der Waals surface area contributed by atoms with E-state index in [1.807, 2.05) is 0 Å². The summed E-state index contributed by atoms with van der Waals surface area (Å²) in [6.07, 6.45) is 3.58. The average molecular weight is 253 g/mol. The summed E-state index contributed by atoms with van der Waals surface area (Å²) in [5.41, 5.74) is 6.30. The Balaban J connectivity index is 2.09. The molecule has 2 N–H and O–H groups in total. The van der Waals surface area contributed by atoms with E-state index in [-0.39, 0.29) is 11.3 Å². The fourth-order valence-corrected chi connectivity index (χ4v) is 1.93. The zero-order valence-corrected chi connectivity index (χ0v) is 9.33. The molecule has 0 unspecified atom stereocenters. The summed E-state index contributed by atoms with van der Waals surface area (Å²) in [5, 5.41) is 0. The first kappa shape index (κ1) is 11.1. The van der Waals surface area contributed by atoms with Crippen LogP contribution in [-0.2, 0) is 0 Å². The highest BCUT2D eigenvalue weighted by atomic mass is 19.2. The van der Waals surface area contributed by atoms with Gasteiger partial charge in [-0.25, -0.2) is 18.2 Å². The Kier molecular flexibility index (Phi) is 2.33. The van der Waals surface area contributed by atoms with Gasteiger partial charge in [0.2, 0.25) is 0 Å². The molecule has 0 bridgehead atoms. The molecular formula is C12H10F3N3. The normalized spacial score (nSPS) is 15.1. The Morgan fingerprint density at radius 1 is 1.17 bits per heavy atom. The highest BCUT2D eigenvalue weighted by Gasteiger charge is 2.27. The van der Waals surface area contributed by atoms with Gasteiger partial charge in [0.1, 0.15) is 11.5 Å². The van der Waals surface area contributed by atoms with Crippen molar-refractivity contribution in [1.82, 2.24) is 9.55 Å². The third-order valence-electron chi connectivity index (χ3n) is 3.03. The molecule has 3 rings (SSSR count). The number of aromatic nitrogens is 2. The molecular weight excluding hydrogens is 243 g/mol. The van der Waals surface area contributed by atoms with Crippen LogP contribution in [0.5, 0.6) is 0 Å². The predicted molar refractivity (Wildman–Crippen MR) is 60.2 cm³/mol. The highest BCUT2D eigenvalue weighted by molar-refractivity contribution is 5.70. The van der Waals surface area contributed by atoms with Gasteiger partial charge in [-0.05, 0) is 25.0 Å². The fraction of sp³-hybridized carbons (Fsp3) is 0.250. The van der Waals surface area contributed by atoms with Crippen LogP contribution in [0, 0.1) is 17.5 Å². The van der Waals surface area contributed by atoms with Gasteiger partial charge in [-0.2, -0.15) is 0 Å². The third-order valence-corrected chi connectivity index (χ3v) is 3.03. The van der Waals surface area contributed by atoms with Crippen LogP contribution in [-0.4, -0.2) is 9.55 Å². The number of hydrogen-bond acceptors (Lipinski definition) is 2. The lowest BCUT2D eigenvalue weighted by Gasteiger charge is -2.04. The van der Waals surface area contributed by atoms with Crippen molar-refractivity contribution in [3.05, 3.63) is 35.9 Å². The van der Waals surface area contributed by atoms with E-state index in [0.717, 1.165) is 25.0 Å². The number of hydrogen-bond donors (Lipinski definition) is 1. The van der Waals surface area contributed by atoms with Gasteiger partial charge in [0.15, 0.2) is 17.5 Å². The van der Waals surface area contributed by atoms with E-state index in [1.165, 1.54) is 0 Å². The van der Waals surface area contributed by atoms with Gasteiger partial charge in [-0.15, -0.1) is 0 Å². The van der Waals surface area contributed by atoms with Crippen LogP contribution in [0.15, 0.2) is 18.5 Å². The smallest absolute Gasteiger partial charge is 0.194 e. The molecule has 0 atom stereocenters. The molecule has 0 amide bonds. The fourth-order valence-electron chi connectivity index (χ4n) is 1.93. The SMILES string of the molecule is Nc1c(-c2cc(F)c(F)c(F)c2)ncn1C1CC1. The number of nitrogens with zero attached hydrogens (tertiary/aromatic N) is 2. The molecule has 94 valence electrons. The lowest BCUT2D eigenvalue weighted by atomic mass is 10.1. The molecule has 1 saturated carbocycles. The van der Waals surface area contributed by atoms with Crippen molar-refractivity contribution < 1.29 is 13.2 Å². The second kappa shape index (κ2) is 3.76. The maximum Gasteiger partial charge on any atom is 0.194 e. The Morgan fingerprint density at radius 2 is 1.78 bits per heavy atom. The van der Waals surface area contributed by atoms with Crippen molar-refractivity contribution in [3.63, 3.8) is 0 Å². The van der Waals surface area contributed by atoms with Crippen molar-refractivity contribution in [3.8, 4) is 11.3 Å². The molecule has 0 aliphatic heterocycles. The van der Waals surface area contributed by atoms with E-state index in [0.29, 0.717) is 11.9 Å². The van der Waals surface area contributed by atoms with Crippen molar-refractivity contribution in [1.29, 1.82) is 0 Å². The standard InChI is InChI=1S/C12H10F3N3/c13-8-3-6(4-9(14)10(8)15)11-12(16)18(5-17-11)7-1-2-7/h3-5,7H,1-2,16H2. The molecule has 0 spiro atoms. The van der Waals surface area contributed by atoms with Crippen LogP contribution in [0.1, 0.15) is 18.9 Å². The Hall–Kier alpha value is -1.98. The molecule has 18 heavy (non-hydrogen) atoms. The van der Waals surface area contributed by atoms with Crippen molar-refractivity contribution in [2.45, 2.75) is 18.9 Å². The summed E-state index contributed by atoms with van der Waals surface area (Å²) in [7, 11) is 0. The third kappa shape index (κ3) is 1.64. The lowest BCUT2D eigenvalue weighted by molar-refractivity contribution is 0.447. The minimum absolute atomic E-state index is 0.142. The van der Waals surface area contributed by atoms with Crippen molar-refractivity contribution >= 4 is 5.82 Å². The van der Waals surface area contributed by atoms with Gasteiger partial charge in [0.25, 0.3) is 0 Å². The van der Waals surface area contributed by atoms with Gasteiger partial charge < -0.3 is 10.3 Å². The summed E-state index contributed by atoms with van der Waals surface area (Å²) < 4.78 is 40.9. The molecule has 0 saturated heterocycles. The summed E-state index contributed by atoms with van der Waals surface area (Å²) in [6.45, 7) is 0. The molecule has 1 aliphatic carbocycles. The minimum atomic E-state index is -1.49. The maximum absolute atomic E-state index is 13.1. The molecule has 1 aromatic heterocycles. The molecule has 2 aromatic rings. The highest BCUT2D eigenvalue weighted by Crippen LogP contribution is 2.39. The Bertz CT molecular complexity index is 594. The Labute approximate surface area is 101 Å². The van der Waals surface area contributed by atoms with Gasteiger partial charge in [-0.1, -0.05) is 0 Å². The predicted octanol–water partition coefficient (Wildman–Crippen LogP) is 2.88. The number of nitrogen functional groups attached to an aromatic ring is 1. The largest absolute Gasteiger partial charge is 0.383 e. The summed E-state index contributed by atoms with van der Waals surface area (Å²) in [4.78, 5) is 4.04. The molecule has 3 nitrogen and oxygen atoms in total. The molecule has 1 heterocycles. The lowest BCUT2D eigenvalue weighted by Crippen LogP contribution is -2.00. The van der Waals surface area contributed by atoms with Crippen LogP contribution < -0.4 is 5.73 Å². The topological polar surface area (TPSA) is 43.8 Å². The number of anilines is 1. The van der Waals surface area contributed by atoms with Crippen LogP contribution in [0.3, 0.4) is 0 Å². The van der Waals surface area contributed by atoms with E-state index >= 15 is 0 Å². The second-order valence-electron chi connectivity index (χ2n) is 4.37. The quantitative estimate of drug-likeness (QED) is 0.836. The first-order chi connectivity index (χ1) is 8.58. The van der Waals surface area contributed by atoms with Crippen LogP contribution >= 0.6 is 0 Å². The zero-order chi connectivity index (χ0) is 12.9. The first-order valence-corrected chi connectivity index (χ1v) is 5.55. The van der Waals surface area contributed by atoms with Gasteiger partial charge in [0.05, 0.1) is 6.33 Å². The molecule has 6 heteroatoms. The van der Waals surface area contributed by atoms with E-state index in [2.05, 4.69) is 4.98 Å². The van der Waals surface area contributed by atoms with E-state index in [9.17, 15) is 13.2 Å². The molecule has 1 aromatic carbocycles. The van der Waals surface area contributed by atoms with Crippen molar-refractivity contribution in [2.24, 2.45) is 0 Å². The van der Waals surface area contributed by atoms with Gasteiger partial charge in [0, 0.05) is 11.6 Å². The summed E-state index contributed by atoms with van der Waals surface area (Å²) in [5.74, 6) is -3.63. The number of benzene rings is 1.